The van der Waals surface area contributed by atoms with E-state index in [1.165, 1.54) is 0 Å². The van der Waals surface area contributed by atoms with Crippen LogP contribution in [0, 0.1) is 0 Å². The van der Waals surface area contributed by atoms with Crippen LogP contribution in [0.3, 0.4) is 0 Å². The molecule has 0 aliphatic heterocycles. The highest BCUT2D eigenvalue weighted by Gasteiger charge is 1.96. The van der Waals surface area contributed by atoms with Gasteiger partial charge in [0.2, 0.25) is 5.91 Å². The van der Waals surface area contributed by atoms with Gasteiger partial charge in [-0.25, -0.2) is 0 Å². The molecule has 0 aromatic heterocycles. The molecule has 0 aromatic carbocycles. The van der Waals surface area contributed by atoms with Crippen molar-refractivity contribution in [2.24, 2.45) is 0 Å². The molecule has 3 nitrogen and oxygen atoms in total. The molecule has 0 saturated heterocycles. The maximum absolute atomic E-state index is 10.9. The van der Waals surface area contributed by atoms with Crippen molar-refractivity contribution in [3.8, 4) is 0 Å². The normalized spacial score (nSPS) is 9.64. The summed E-state index contributed by atoms with van der Waals surface area (Å²) in [5, 5.41) is 5.72. The first-order valence-electron chi connectivity index (χ1n) is 3.89. The highest BCUT2D eigenvalue weighted by molar-refractivity contribution is 7.80. The van der Waals surface area contributed by atoms with Crippen LogP contribution in [-0.2, 0) is 4.79 Å². The van der Waals surface area contributed by atoms with Crippen molar-refractivity contribution in [1.82, 2.24) is 10.6 Å². The number of carbonyl (C=O) groups is 1. The van der Waals surface area contributed by atoms with Crippen LogP contribution >= 0.6 is 12.6 Å². The second kappa shape index (κ2) is 7.88. The molecule has 0 unspecified atom stereocenters. The van der Waals surface area contributed by atoms with E-state index < -0.39 is 0 Å². The van der Waals surface area contributed by atoms with Crippen LogP contribution in [0.2, 0.25) is 0 Å². The Morgan fingerprint density at radius 1 is 1.45 bits per heavy atom. The summed E-state index contributed by atoms with van der Waals surface area (Å²) < 4.78 is 0. The molecule has 0 fully saturated rings. The fraction of sp³-hybridized carbons (Fsp3) is 0.857. The summed E-state index contributed by atoms with van der Waals surface area (Å²) in [6, 6.07) is 0. The van der Waals surface area contributed by atoms with Crippen molar-refractivity contribution in [3.05, 3.63) is 0 Å². The minimum absolute atomic E-state index is 0.0635. The van der Waals surface area contributed by atoms with E-state index in [1.807, 2.05) is 6.92 Å². The maximum atomic E-state index is 10.9. The third-order valence-electron chi connectivity index (χ3n) is 1.15. The van der Waals surface area contributed by atoms with Crippen molar-refractivity contribution in [1.29, 1.82) is 0 Å². The summed E-state index contributed by atoms with van der Waals surface area (Å²) in [6.45, 7) is 3.98. The summed E-state index contributed by atoms with van der Waals surface area (Å²) in [6.07, 6.45) is 0.984. The van der Waals surface area contributed by atoms with E-state index in [0.717, 1.165) is 25.3 Å². The molecule has 2 N–H and O–H groups in total. The highest BCUT2D eigenvalue weighted by atomic mass is 32.1. The summed E-state index contributed by atoms with van der Waals surface area (Å²) in [5.41, 5.74) is 0. The van der Waals surface area contributed by atoms with Gasteiger partial charge < -0.3 is 10.6 Å². The average molecular weight is 176 g/mol. The number of thiol groups is 1. The minimum atomic E-state index is 0.0635. The molecule has 0 rings (SSSR count). The Hall–Kier alpha value is -0.220. The van der Waals surface area contributed by atoms with Crippen molar-refractivity contribution >= 4 is 18.5 Å². The van der Waals surface area contributed by atoms with E-state index in [4.69, 9.17) is 0 Å². The number of nitrogens with one attached hydrogen (secondary N) is 2. The predicted molar refractivity (Wildman–Crippen MR) is 50.0 cm³/mol. The van der Waals surface area contributed by atoms with Gasteiger partial charge in [0, 0.05) is 18.8 Å². The quantitative estimate of drug-likeness (QED) is 0.395. The van der Waals surface area contributed by atoms with Gasteiger partial charge in [-0.1, -0.05) is 6.92 Å². The van der Waals surface area contributed by atoms with Gasteiger partial charge in [0.15, 0.2) is 0 Å². The lowest BCUT2D eigenvalue weighted by Crippen LogP contribution is -2.34. The Morgan fingerprint density at radius 3 is 2.73 bits per heavy atom. The molecule has 0 atom stereocenters. The van der Waals surface area contributed by atoms with Gasteiger partial charge in [0.1, 0.15) is 0 Å². The Bertz CT molecular complexity index is 109. The maximum Gasteiger partial charge on any atom is 0.233 e. The summed E-state index contributed by atoms with van der Waals surface area (Å²) in [5.74, 6) is 0.828. The molecule has 0 aliphatic carbocycles. The number of amides is 1. The molecular formula is C7H16N2OS. The standard InChI is InChI=1S/C7H16N2OS/c1-2-3-9-7(10)6-8-4-5-11/h8,11H,2-6H2,1H3,(H,9,10). The van der Waals surface area contributed by atoms with Gasteiger partial charge >= 0.3 is 0 Å². The Balaban J connectivity index is 3.09. The summed E-state index contributed by atoms with van der Waals surface area (Å²) >= 11 is 4.00. The highest BCUT2D eigenvalue weighted by Crippen LogP contribution is 1.71. The van der Waals surface area contributed by atoms with Crippen LogP contribution in [0.5, 0.6) is 0 Å². The molecule has 1 amide bonds. The van der Waals surface area contributed by atoms with E-state index in [9.17, 15) is 4.79 Å². The summed E-state index contributed by atoms with van der Waals surface area (Å²) in [4.78, 5) is 10.9. The smallest absolute Gasteiger partial charge is 0.233 e. The monoisotopic (exact) mass is 176 g/mol. The predicted octanol–water partition coefficient (Wildman–Crippen LogP) is 0.0320. The zero-order chi connectivity index (χ0) is 8.53. The zero-order valence-electron chi connectivity index (χ0n) is 6.89. The number of hydrogen-bond acceptors (Lipinski definition) is 3. The molecule has 4 heteroatoms. The van der Waals surface area contributed by atoms with Gasteiger partial charge in [0.25, 0.3) is 0 Å². The summed E-state index contributed by atoms with van der Waals surface area (Å²) in [7, 11) is 0. The van der Waals surface area contributed by atoms with Crippen LogP contribution in [0.15, 0.2) is 0 Å². The molecule has 0 saturated carbocycles. The van der Waals surface area contributed by atoms with E-state index >= 15 is 0 Å². The second-order valence-electron chi connectivity index (χ2n) is 2.25. The van der Waals surface area contributed by atoms with Crippen molar-refractivity contribution < 1.29 is 4.79 Å². The van der Waals surface area contributed by atoms with Crippen LogP contribution in [-0.4, -0.2) is 31.3 Å². The minimum Gasteiger partial charge on any atom is -0.355 e. The molecule has 66 valence electrons. The second-order valence-corrected chi connectivity index (χ2v) is 2.70. The topological polar surface area (TPSA) is 41.1 Å². The van der Waals surface area contributed by atoms with Gasteiger partial charge in [-0.05, 0) is 6.42 Å². The molecule has 0 aromatic rings. The Kier molecular flexibility index (Phi) is 7.72. The first kappa shape index (κ1) is 10.8. The SMILES string of the molecule is CCCNC(=O)CNCCS. The number of hydrogen-bond donors (Lipinski definition) is 3. The van der Waals surface area contributed by atoms with Crippen LogP contribution in [0.4, 0.5) is 0 Å². The van der Waals surface area contributed by atoms with Gasteiger partial charge in [-0.15, -0.1) is 0 Å². The first-order valence-corrected chi connectivity index (χ1v) is 4.52. The molecular weight excluding hydrogens is 160 g/mol. The first-order chi connectivity index (χ1) is 5.31. The van der Waals surface area contributed by atoms with Crippen molar-refractivity contribution in [2.75, 3.05) is 25.4 Å². The zero-order valence-corrected chi connectivity index (χ0v) is 7.79. The Labute approximate surface area is 73.3 Å². The Morgan fingerprint density at radius 2 is 2.18 bits per heavy atom. The lowest BCUT2D eigenvalue weighted by atomic mass is 10.4. The fourth-order valence-electron chi connectivity index (χ4n) is 0.608. The third-order valence-corrected chi connectivity index (χ3v) is 1.37. The van der Waals surface area contributed by atoms with E-state index in [2.05, 4.69) is 23.3 Å². The fourth-order valence-corrected chi connectivity index (χ4v) is 0.766. The van der Waals surface area contributed by atoms with E-state index in [0.29, 0.717) is 6.54 Å². The molecule has 0 radical (unpaired) electrons. The molecule has 0 aliphatic rings. The van der Waals surface area contributed by atoms with Crippen LogP contribution < -0.4 is 10.6 Å². The molecule has 11 heavy (non-hydrogen) atoms. The van der Waals surface area contributed by atoms with Crippen molar-refractivity contribution in [2.45, 2.75) is 13.3 Å². The van der Waals surface area contributed by atoms with E-state index in [1.54, 1.807) is 0 Å². The average Bonchev–Trinajstić information content (AvgIpc) is 2.01. The van der Waals surface area contributed by atoms with E-state index in [-0.39, 0.29) is 5.91 Å². The van der Waals surface area contributed by atoms with Crippen LogP contribution in [0.25, 0.3) is 0 Å². The largest absolute Gasteiger partial charge is 0.355 e. The van der Waals surface area contributed by atoms with Gasteiger partial charge in [-0.3, -0.25) is 4.79 Å². The molecule has 0 bridgehead atoms. The van der Waals surface area contributed by atoms with Gasteiger partial charge in [-0.2, -0.15) is 12.6 Å². The van der Waals surface area contributed by atoms with Crippen molar-refractivity contribution in [3.63, 3.8) is 0 Å². The molecule has 0 spiro atoms. The lowest BCUT2D eigenvalue weighted by Gasteiger charge is -2.03. The number of carbonyl (C=O) groups excluding carboxylic acids is 1. The third kappa shape index (κ3) is 7.68. The lowest BCUT2D eigenvalue weighted by molar-refractivity contribution is -0.120. The van der Waals surface area contributed by atoms with Crippen LogP contribution in [0.1, 0.15) is 13.3 Å². The van der Waals surface area contributed by atoms with Gasteiger partial charge in [0.05, 0.1) is 6.54 Å². The number of rotatable bonds is 6. The molecule has 0 heterocycles.